The summed E-state index contributed by atoms with van der Waals surface area (Å²) in [5.74, 6) is 3.73. The van der Waals surface area contributed by atoms with Gasteiger partial charge in [-0.2, -0.15) is 0 Å². The second-order valence-corrected chi connectivity index (χ2v) is 8.79. The lowest BCUT2D eigenvalue weighted by molar-refractivity contribution is -0.871. The van der Waals surface area contributed by atoms with E-state index in [1.807, 2.05) is 30.3 Å². The second kappa shape index (κ2) is 6.99. The second-order valence-electron chi connectivity index (χ2n) is 8.79. The molecular formula is C21H31N2O2+. The van der Waals surface area contributed by atoms with Crippen molar-refractivity contribution < 1.29 is 14.4 Å². The predicted octanol–water partition coefficient (Wildman–Crippen LogP) is 1.67. The molecular weight excluding hydrogens is 312 g/mol. The molecule has 1 amide bonds. The minimum atomic E-state index is 0.132. The molecule has 4 aliphatic rings. The Hall–Kier alpha value is -1.55. The normalized spacial score (nSPS) is 33.9. The SMILES string of the molecule is C[NH+](CCOc1ccccc1)CC(=O)NC12CC3CC(CC(C3)C1)C2. The van der Waals surface area contributed by atoms with Crippen LogP contribution >= 0.6 is 0 Å². The van der Waals surface area contributed by atoms with Gasteiger partial charge in [0, 0.05) is 5.54 Å². The molecule has 4 saturated carbocycles. The van der Waals surface area contributed by atoms with Crippen molar-refractivity contribution >= 4 is 5.91 Å². The molecule has 1 aromatic carbocycles. The van der Waals surface area contributed by atoms with Crippen LogP contribution in [0.5, 0.6) is 5.75 Å². The fourth-order valence-electron chi connectivity index (χ4n) is 5.83. The summed E-state index contributed by atoms with van der Waals surface area (Å²) in [7, 11) is 2.08. The van der Waals surface area contributed by atoms with Crippen LogP contribution < -0.4 is 15.0 Å². The molecule has 2 N–H and O–H groups in total. The topological polar surface area (TPSA) is 42.8 Å². The first-order valence-electron chi connectivity index (χ1n) is 9.90. The van der Waals surface area contributed by atoms with E-state index in [2.05, 4.69) is 12.4 Å². The smallest absolute Gasteiger partial charge is 0.275 e. The first-order valence-corrected chi connectivity index (χ1v) is 9.90. The Kier molecular flexibility index (Phi) is 4.72. The minimum Gasteiger partial charge on any atom is -0.488 e. The molecule has 4 aliphatic carbocycles. The fraction of sp³-hybridized carbons (Fsp3) is 0.667. The van der Waals surface area contributed by atoms with E-state index in [4.69, 9.17) is 4.74 Å². The van der Waals surface area contributed by atoms with Gasteiger partial charge in [-0.25, -0.2) is 0 Å². The van der Waals surface area contributed by atoms with Crippen LogP contribution in [0.4, 0.5) is 0 Å². The number of carbonyl (C=O) groups excluding carboxylic acids is 1. The molecule has 1 atom stereocenters. The van der Waals surface area contributed by atoms with E-state index < -0.39 is 0 Å². The van der Waals surface area contributed by atoms with E-state index in [0.717, 1.165) is 30.0 Å². The molecule has 0 saturated heterocycles. The Morgan fingerprint density at radius 2 is 1.72 bits per heavy atom. The Morgan fingerprint density at radius 3 is 2.32 bits per heavy atom. The summed E-state index contributed by atoms with van der Waals surface area (Å²) in [6, 6.07) is 9.87. The van der Waals surface area contributed by atoms with E-state index >= 15 is 0 Å². The zero-order valence-corrected chi connectivity index (χ0v) is 15.3. The fourth-order valence-corrected chi connectivity index (χ4v) is 5.83. The molecule has 4 heteroatoms. The van der Waals surface area contributed by atoms with Gasteiger partial charge in [-0.3, -0.25) is 4.79 Å². The lowest BCUT2D eigenvalue weighted by Gasteiger charge is -2.56. The van der Waals surface area contributed by atoms with Crippen molar-refractivity contribution in [3.63, 3.8) is 0 Å². The molecule has 0 aliphatic heterocycles. The quantitative estimate of drug-likeness (QED) is 0.791. The molecule has 4 nitrogen and oxygen atoms in total. The van der Waals surface area contributed by atoms with Gasteiger partial charge < -0.3 is 15.0 Å². The third-order valence-electron chi connectivity index (χ3n) is 6.45. The Balaban J connectivity index is 1.22. The molecule has 5 rings (SSSR count). The highest BCUT2D eigenvalue weighted by Gasteiger charge is 2.51. The van der Waals surface area contributed by atoms with Crippen molar-refractivity contribution in [3.05, 3.63) is 30.3 Å². The number of quaternary nitrogens is 1. The Morgan fingerprint density at radius 1 is 1.12 bits per heavy atom. The van der Waals surface area contributed by atoms with Crippen molar-refractivity contribution in [2.24, 2.45) is 17.8 Å². The maximum Gasteiger partial charge on any atom is 0.275 e. The van der Waals surface area contributed by atoms with Crippen LogP contribution in [0.25, 0.3) is 0 Å². The number of amides is 1. The number of carbonyl (C=O) groups is 1. The molecule has 25 heavy (non-hydrogen) atoms. The first-order chi connectivity index (χ1) is 12.1. The van der Waals surface area contributed by atoms with Gasteiger partial charge in [0.2, 0.25) is 0 Å². The van der Waals surface area contributed by atoms with Crippen LogP contribution in [0.2, 0.25) is 0 Å². The molecule has 0 aromatic heterocycles. The van der Waals surface area contributed by atoms with Crippen molar-refractivity contribution in [2.75, 3.05) is 26.7 Å². The van der Waals surface area contributed by atoms with Gasteiger partial charge in [0.15, 0.2) is 6.54 Å². The van der Waals surface area contributed by atoms with Gasteiger partial charge in [-0.15, -0.1) is 0 Å². The number of hydrogen-bond acceptors (Lipinski definition) is 2. The highest BCUT2D eigenvalue weighted by molar-refractivity contribution is 5.77. The van der Waals surface area contributed by atoms with E-state index in [9.17, 15) is 4.79 Å². The van der Waals surface area contributed by atoms with Crippen molar-refractivity contribution in [2.45, 2.75) is 44.1 Å². The molecule has 4 bridgehead atoms. The van der Waals surface area contributed by atoms with E-state index in [-0.39, 0.29) is 11.4 Å². The Bertz CT molecular complexity index is 566. The summed E-state index contributed by atoms with van der Waals surface area (Å²) >= 11 is 0. The molecule has 0 heterocycles. The predicted molar refractivity (Wildman–Crippen MR) is 97.6 cm³/mol. The molecule has 1 unspecified atom stereocenters. The van der Waals surface area contributed by atoms with Gasteiger partial charge >= 0.3 is 0 Å². The van der Waals surface area contributed by atoms with Gasteiger partial charge in [-0.1, -0.05) is 18.2 Å². The number of nitrogens with one attached hydrogen (secondary N) is 2. The summed E-state index contributed by atoms with van der Waals surface area (Å²) in [4.78, 5) is 13.8. The number of ether oxygens (including phenoxy) is 1. The summed E-state index contributed by atoms with van der Waals surface area (Å²) in [6.07, 6.45) is 7.91. The van der Waals surface area contributed by atoms with Crippen LogP contribution in [0.15, 0.2) is 30.3 Å². The first kappa shape index (κ1) is 16.9. The van der Waals surface area contributed by atoms with Crippen LogP contribution in [0, 0.1) is 17.8 Å². The maximum atomic E-state index is 12.6. The van der Waals surface area contributed by atoms with Crippen molar-refractivity contribution in [1.29, 1.82) is 0 Å². The largest absolute Gasteiger partial charge is 0.488 e. The molecule has 0 radical (unpaired) electrons. The van der Waals surface area contributed by atoms with Gasteiger partial charge in [0.1, 0.15) is 18.9 Å². The number of para-hydroxylation sites is 1. The zero-order valence-electron chi connectivity index (χ0n) is 15.3. The summed E-state index contributed by atoms with van der Waals surface area (Å²) in [5, 5.41) is 3.46. The number of benzene rings is 1. The van der Waals surface area contributed by atoms with Crippen molar-refractivity contribution in [3.8, 4) is 5.75 Å². The van der Waals surface area contributed by atoms with E-state index in [0.29, 0.717) is 13.2 Å². The number of likely N-dealkylation sites (N-methyl/N-ethyl adjacent to an activating group) is 1. The van der Waals surface area contributed by atoms with Crippen molar-refractivity contribution in [1.82, 2.24) is 5.32 Å². The third-order valence-corrected chi connectivity index (χ3v) is 6.45. The van der Waals surface area contributed by atoms with Crippen LogP contribution in [-0.2, 0) is 4.79 Å². The lowest BCUT2D eigenvalue weighted by atomic mass is 9.53. The van der Waals surface area contributed by atoms with Crippen LogP contribution in [-0.4, -0.2) is 38.2 Å². The summed E-state index contributed by atoms with van der Waals surface area (Å²) < 4.78 is 5.74. The number of hydrogen-bond donors (Lipinski definition) is 2. The van der Waals surface area contributed by atoms with E-state index in [1.165, 1.54) is 43.4 Å². The summed E-state index contributed by atoms with van der Waals surface area (Å²) in [5.41, 5.74) is 0.132. The van der Waals surface area contributed by atoms with Gasteiger partial charge in [-0.05, 0) is 68.4 Å². The van der Waals surface area contributed by atoms with Crippen LogP contribution in [0.3, 0.4) is 0 Å². The molecule has 0 spiro atoms. The minimum absolute atomic E-state index is 0.132. The average molecular weight is 343 g/mol. The van der Waals surface area contributed by atoms with Crippen LogP contribution in [0.1, 0.15) is 38.5 Å². The highest BCUT2D eigenvalue weighted by Crippen LogP contribution is 2.55. The maximum absolute atomic E-state index is 12.6. The van der Waals surface area contributed by atoms with Gasteiger partial charge in [0.05, 0.1) is 7.05 Å². The average Bonchev–Trinajstić information content (AvgIpc) is 2.53. The lowest BCUT2D eigenvalue weighted by Crippen LogP contribution is -3.11. The molecule has 136 valence electrons. The molecule has 4 fully saturated rings. The van der Waals surface area contributed by atoms with E-state index in [1.54, 1.807) is 0 Å². The zero-order chi connectivity index (χ0) is 17.3. The Labute approximate surface area is 150 Å². The monoisotopic (exact) mass is 343 g/mol. The standard InChI is InChI=1S/C21H30N2O2/c1-23(7-8-25-19-5-3-2-4-6-19)15-20(24)22-21-12-16-9-17(13-21)11-18(10-16)14-21/h2-6,16-18H,7-15H2,1H3,(H,22,24)/p+1. The highest BCUT2D eigenvalue weighted by atomic mass is 16.5. The summed E-state index contributed by atoms with van der Waals surface area (Å²) in [6.45, 7) is 2.02. The third kappa shape index (κ3) is 4.00. The number of rotatable bonds is 7. The molecule has 1 aromatic rings. The van der Waals surface area contributed by atoms with Gasteiger partial charge in [0.25, 0.3) is 5.91 Å².